The van der Waals surface area contributed by atoms with Gasteiger partial charge in [-0.25, -0.2) is 17.5 Å². The average molecular weight is 258 g/mol. The van der Waals surface area contributed by atoms with Crippen molar-refractivity contribution in [2.75, 3.05) is 13.1 Å². The minimum Gasteiger partial charge on any atom is -0.315 e. The van der Waals surface area contributed by atoms with Crippen molar-refractivity contribution in [3.8, 4) is 0 Å². The van der Waals surface area contributed by atoms with E-state index >= 15 is 0 Å². The first-order valence-corrected chi connectivity index (χ1v) is 7.15. The van der Waals surface area contributed by atoms with Gasteiger partial charge >= 0.3 is 0 Å². The zero-order valence-electron chi connectivity index (χ0n) is 9.32. The summed E-state index contributed by atoms with van der Waals surface area (Å²) in [6.07, 6.45) is 0.794. The standard InChI is InChI=1S/C11H15FN2O2S/c12-10-3-1-2-9(6-10)8-17(15,16)14-11-4-5-13-7-11/h1-3,6,11,13-14H,4-5,7-8H2. The molecule has 4 nitrogen and oxygen atoms in total. The number of rotatable bonds is 4. The first-order valence-electron chi connectivity index (χ1n) is 5.50. The van der Waals surface area contributed by atoms with E-state index in [1.165, 1.54) is 18.2 Å². The van der Waals surface area contributed by atoms with Gasteiger partial charge in [0, 0.05) is 12.6 Å². The summed E-state index contributed by atoms with van der Waals surface area (Å²) in [7, 11) is -3.39. The molecule has 0 aromatic heterocycles. The summed E-state index contributed by atoms with van der Waals surface area (Å²) in [6, 6.07) is 5.61. The van der Waals surface area contributed by atoms with Crippen LogP contribution in [0.2, 0.25) is 0 Å². The van der Waals surface area contributed by atoms with E-state index in [-0.39, 0.29) is 11.8 Å². The van der Waals surface area contributed by atoms with Gasteiger partial charge in [-0.3, -0.25) is 0 Å². The maximum absolute atomic E-state index is 12.9. The second kappa shape index (κ2) is 5.12. The first kappa shape index (κ1) is 12.5. The molecule has 0 spiro atoms. The van der Waals surface area contributed by atoms with E-state index in [4.69, 9.17) is 0 Å². The van der Waals surface area contributed by atoms with E-state index in [1.54, 1.807) is 6.07 Å². The van der Waals surface area contributed by atoms with E-state index in [9.17, 15) is 12.8 Å². The monoisotopic (exact) mass is 258 g/mol. The zero-order chi connectivity index (χ0) is 12.3. The molecule has 6 heteroatoms. The molecule has 0 radical (unpaired) electrons. The summed E-state index contributed by atoms with van der Waals surface area (Å²) >= 11 is 0. The van der Waals surface area contributed by atoms with Crippen LogP contribution in [0.25, 0.3) is 0 Å². The molecule has 2 rings (SSSR count). The molecule has 2 N–H and O–H groups in total. The Bertz CT molecular complexity index is 484. The lowest BCUT2D eigenvalue weighted by molar-refractivity contribution is 0.559. The molecule has 0 amide bonds. The molecule has 0 bridgehead atoms. The molecule has 0 aliphatic carbocycles. The Hall–Kier alpha value is -0.980. The molecule has 17 heavy (non-hydrogen) atoms. The molecule has 1 atom stereocenters. The Morgan fingerprint density at radius 2 is 2.29 bits per heavy atom. The number of halogens is 1. The highest BCUT2D eigenvalue weighted by atomic mass is 32.2. The van der Waals surface area contributed by atoms with E-state index in [2.05, 4.69) is 10.0 Å². The van der Waals surface area contributed by atoms with Crippen LogP contribution in [0.1, 0.15) is 12.0 Å². The maximum atomic E-state index is 12.9. The van der Waals surface area contributed by atoms with Crippen LogP contribution < -0.4 is 10.0 Å². The van der Waals surface area contributed by atoms with Gasteiger partial charge in [0.05, 0.1) is 5.75 Å². The van der Waals surface area contributed by atoms with Gasteiger partial charge in [0.25, 0.3) is 0 Å². The number of hydrogen-bond acceptors (Lipinski definition) is 3. The molecule has 1 fully saturated rings. The van der Waals surface area contributed by atoms with Crippen molar-refractivity contribution in [1.82, 2.24) is 10.0 Å². The molecular formula is C11H15FN2O2S. The summed E-state index contributed by atoms with van der Waals surface area (Å²) in [5, 5.41) is 3.08. The molecule has 1 saturated heterocycles. The van der Waals surface area contributed by atoms with Crippen LogP contribution >= 0.6 is 0 Å². The molecule has 1 heterocycles. The Labute approximate surface area is 100 Å². The Balaban J connectivity index is 2.01. The molecule has 0 saturated carbocycles. The van der Waals surface area contributed by atoms with Crippen molar-refractivity contribution in [3.63, 3.8) is 0 Å². The van der Waals surface area contributed by atoms with E-state index in [0.29, 0.717) is 12.1 Å². The third-order valence-electron chi connectivity index (χ3n) is 2.65. The number of sulfonamides is 1. The van der Waals surface area contributed by atoms with Crippen molar-refractivity contribution in [2.45, 2.75) is 18.2 Å². The van der Waals surface area contributed by atoms with Crippen LogP contribution in [0.15, 0.2) is 24.3 Å². The fourth-order valence-electron chi connectivity index (χ4n) is 1.90. The molecule has 1 unspecified atom stereocenters. The van der Waals surface area contributed by atoms with Gasteiger partial charge in [0.2, 0.25) is 10.0 Å². The lowest BCUT2D eigenvalue weighted by Gasteiger charge is -2.11. The number of nitrogens with one attached hydrogen (secondary N) is 2. The van der Waals surface area contributed by atoms with Crippen molar-refractivity contribution < 1.29 is 12.8 Å². The highest BCUT2D eigenvalue weighted by Crippen LogP contribution is 2.09. The van der Waals surface area contributed by atoms with E-state index in [0.717, 1.165) is 13.0 Å². The van der Waals surface area contributed by atoms with Crippen LogP contribution in [-0.4, -0.2) is 27.5 Å². The SMILES string of the molecule is O=S(=O)(Cc1cccc(F)c1)NC1CCNC1. The van der Waals surface area contributed by atoms with Gasteiger partial charge in [0.1, 0.15) is 5.82 Å². The molecule has 1 aromatic carbocycles. The third-order valence-corrected chi connectivity index (χ3v) is 4.06. The summed E-state index contributed by atoms with van der Waals surface area (Å²) in [5.41, 5.74) is 0.462. The normalized spacial score (nSPS) is 20.6. The fraction of sp³-hybridized carbons (Fsp3) is 0.455. The predicted molar refractivity (Wildman–Crippen MR) is 63.4 cm³/mol. The van der Waals surface area contributed by atoms with Gasteiger partial charge in [-0.2, -0.15) is 0 Å². The number of benzene rings is 1. The van der Waals surface area contributed by atoms with Gasteiger partial charge in [-0.05, 0) is 30.7 Å². The second-order valence-electron chi connectivity index (χ2n) is 4.20. The molecule has 1 aromatic rings. The van der Waals surface area contributed by atoms with Crippen LogP contribution in [0.5, 0.6) is 0 Å². The van der Waals surface area contributed by atoms with Gasteiger partial charge in [0.15, 0.2) is 0 Å². The Kier molecular flexibility index (Phi) is 3.76. The maximum Gasteiger partial charge on any atom is 0.216 e. The molecular weight excluding hydrogens is 243 g/mol. The summed E-state index contributed by atoms with van der Waals surface area (Å²) in [5.74, 6) is -0.596. The smallest absolute Gasteiger partial charge is 0.216 e. The Morgan fingerprint density at radius 3 is 2.94 bits per heavy atom. The van der Waals surface area contributed by atoms with E-state index < -0.39 is 15.8 Å². The summed E-state index contributed by atoms with van der Waals surface area (Å²) in [4.78, 5) is 0. The van der Waals surface area contributed by atoms with Gasteiger partial charge in [-0.15, -0.1) is 0 Å². The largest absolute Gasteiger partial charge is 0.315 e. The third kappa shape index (κ3) is 3.76. The topological polar surface area (TPSA) is 58.2 Å². The minimum atomic E-state index is -3.39. The predicted octanol–water partition coefficient (Wildman–Crippen LogP) is 0.607. The molecule has 1 aliphatic heterocycles. The average Bonchev–Trinajstić information content (AvgIpc) is 2.68. The highest BCUT2D eigenvalue weighted by molar-refractivity contribution is 7.88. The quantitative estimate of drug-likeness (QED) is 0.832. The lowest BCUT2D eigenvalue weighted by atomic mass is 10.2. The summed E-state index contributed by atoms with van der Waals surface area (Å²) in [6.45, 7) is 1.48. The fourth-order valence-corrected chi connectivity index (χ4v) is 3.31. The first-order chi connectivity index (χ1) is 8.05. The minimum absolute atomic E-state index is 0.0476. The number of hydrogen-bond donors (Lipinski definition) is 2. The van der Waals surface area contributed by atoms with Crippen molar-refractivity contribution in [1.29, 1.82) is 0 Å². The van der Waals surface area contributed by atoms with Crippen molar-refractivity contribution in [3.05, 3.63) is 35.6 Å². The van der Waals surface area contributed by atoms with Gasteiger partial charge < -0.3 is 5.32 Å². The van der Waals surface area contributed by atoms with Crippen molar-refractivity contribution in [2.24, 2.45) is 0 Å². The molecule has 94 valence electrons. The highest BCUT2D eigenvalue weighted by Gasteiger charge is 2.21. The van der Waals surface area contributed by atoms with Crippen LogP contribution in [-0.2, 0) is 15.8 Å². The second-order valence-corrected chi connectivity index (χ2v) is 5.95. The molecule has 1 aliphatic rings. The Morgan fingerprint density at radius 1 is 1.47 bits per heavy atom. The van der Waals surface area contributed by atoms with Crippen LogP contribution in [0, 0.1) is 5.82 Å². The van der Waals surface area contributed by atoms with Gasteiger partial charge in [-0.1, -0.05) is 12.1 Å². The summed E-state index contributed by atoms with van der Waals surface area (Å²) < 4.78 is 39.1. The van der Waals surface area contributed by atoms with E-state index in [1.807, 2.05) is 0 Å². The van der Waals surface area contributed by atoms with Crippen LogP contribution in [0.3, 0.4) is 0 Å². The lowest BCUT2D eigenvalue weighted by Crippen LogP contribution is -2.36. The van der Waals surface area contributed by atoms with Crippen LogP contribution in [0.4, 0.5) is 4.39 Å². The zero-order valence-corrected chi connectivity index (χ0v) is 10.1. The van der Waals surface area contributed by atoms with Crippen molar-refractivity contribution >= 4 is 10.0 Å².